The molecule has 0 spiro atoms. The van der Waals surface area contributed by atoms with Gasteiger partial charge in [-0.05, 0) is 55.2 Å². The minimum atomic E-state index is -4.17. The van der Waals surface area contributed by atoms with E-state index in [0.29, 0.717) is 23.6 Å². The minimum absolute atomic E-state index is 0.0278. The van der Waals surface area contributed by atoms with Crippen molar-refractivity contribution < 1.29 is 32.1 Å². The zero-order chi connectivity index (χ0) is 32.8. The van der Waals surface area contributed by atoms with E-state index in [2.05, 4.69) is 45.4 Å². The van der Waals surface area contributed by atoms with Crippen LogP contribution in [0.2, 0.25) is 0 Å². The highest BCUT2D eigenvalue weighted by Gasteiger charge is 2.27. The van der Waals surface area contributed by atoms with Crippen molar-refractivity contribution in [2.45, 2.75) is 57.6 Å². The number of ether oxygens (including phenoxy) is 5. The standard InChI is InChI=1S/C32H39N5O7S/c1-20-19-21(2)34-29(33-20)30-35-28(37-45(38,39)23-15-13-22(14-16-23)32(3,4)5)27(44-25-12-10-9-11-24(25)40-6)31(36-30)43-18-17-26(41-7)42-8/h9-16,19,26H,17-18H2,1-8H3,(H,35,36,37). The van der Waals surface area contributed by atoms with Crippen molar-refractivity contribution in [3.63, 3.8) is 0 Å². The molecule has 1 N–H and O–H groups in total. The molecule has 2 aromatic heterocycles. The van der Waals surface area contributed by atoms with E-state index in [4.69, 9.17) is 23.7 Å². The van der Waals surface area contributed by atoms with Gasteiger partial charge in [-0.2, -0.15) is 4.98 Å². The van der Waals surface area contributed by atoms with Crippen molar-refractivity contribution in [1.82, 2.24) is 19.9 Å². The molecule has 0 aliphatic heterocycles. The molecule has 2 aromatic carbocycles. The second-order valence-electron chi connectivity index (χ2n) is 11.2. The van der Waals surface area contributed by atoms with Gasteiger partial charge in [-0.1, -0.05) is 45.0 Å². The molecule has 0 bridgehead atoms. The summed E-state index contributed by atoms with van der Waals surface area (Å²) in [7, 11) is 0.368. The number of methoxy groups -OCH3 is 3. The monoisotopic (exact) mass is 637 g/mol. The second kappa shape index (κ2) is 14.2. The molecule has 0 amide bonds. The summed E-state index contributed by atoms with van der Waals surface area (Å²) < 4.78 is 58.5. The molecule has 0 saturated heterocycles. The maximum atomic E-state index is 13.8. The summed E-state index contributed by atoms with van der Waals surface area (Å²) in [5.74, 6) is 0.566. The van der Waals surface area contributed by atoms with Crippen LogP contribution in [0.4, 0.5) is 5.82 Å². The SMILES string of the molecule is COc1ccccc1Oc1c(NS(=O)(=O)c2ccc(C(C)(C)C)cc2)nc(-c2nc(C)cc(C)n2)nc1OCCC(OC)OC. The van der Waals surface area contributed by atoms with Gasteiger partial charge in [0.05, 0.1) is 18.6 Å². The number of rotatable bonds is 13. The third-order valence-corrected chi connectivity index (χ3v) is 8.03. The summed E-state index contributed by atoms with van der Waals surface area (Å²) in [6, 6.07) is 15.4. The topological polar surface area (TPSA) is 144 Å². The van der Waals surface area contributed by atoms with Crippen LogP contribution in [0.3, 0.4) is 0 Å². The lowest BCUT2D eigenvalue weighted by Gasteiger charge is -2.20. The van der Waals surface area contributed by atoms with Gasteiger partial charge in [-0.15, -0.1) is 0 Å². The molecule has 0 unspecified atom stereocenters. The predicted molar refractivity (Wildman–Crippen MR) is 169 cm³/mol. The van der Waals surface area contributed by atoms with E-state index < -0.39 is 16.3 Å². The van der Waals surface area contributed by atoms with Gasteiger partial charge >= 0.3 is 0 Å². The minimum Gasteiger partial charge on any atom is -0.493 e. The normalized spacial score (nSPS) is 11.8. The molecule has 4 aromatic rings. The zero-order valence-corrected chi connectivity index (χ0v) is 27.6. The molecule has 12 nitrogen and oxygen atoms in total. The highest BCUT2D eigenvalue weighted by molar-refractivity contribution is 7.92. The zero-order valence-electron chi connectivity index (χ0n) is 26.7. The number of nitrogens with one attached hydrogen (secondary N) is 1. The van der Waals surface area contributed by atoms with Gasteiger partial charge in [0.25, 0.3) is 15.9 Å². The van der Waals surface area contributed by atoms with Gasteiger partial charge in [0.15, 0.2) is 29.4 Å². The average molecular weight is 638 g/mol. The van der Waals surface area contributed by atoms with Crippen molar-refractivity contribution in [3.8, 4) is 34.8 Å². The first-order valence-electron chi connectivity index (χ1n) is 14.2. The molecule has 0 atom stereocenters. The van der Waals surface area contributed by atoms with Gasteiger partial charge in [0, 0.05) is 32.0 Å². The molecule has 13 heteroatoms. The molecule has 0 aliphatic carbocycles. The quantitative estimate of drug-likeness (QED) is 0.177. The van der Waals surface area contributed by atoms with Gasteiger partial charge in [0.2, 0.25) is 11.6 Å². The van der Waals surface area contributed by atoms with Crippen LogP contribution >= 0.6 is 0 Å². The number of aromatic nitrogens is 4. The molecule has 0 saturated carbocycles. The lowest BCUT2D eigenvalue weighted by molar-refractivity contribution is -0.110. The average Bonchev–Trinajstić information content (AvgIpc) is 2.99. The lowest BCUT2D eigenvalue weighted by Crippen LogP contribution is -2.19. The Hall–Kier alpha value is -4.33. The number of sulfonamides is 1. The molecule has 0 aliphatic rings. The molecule has 0 fully saturated rings. The summed E-state index contributed by atoms with van der Waals surface area (Å²) in [4.78, 5) is 18.1. The Balaban J connectivity index is 1.88. The first kappa shape index (κ1) is 33.6. The van der Waals surface area contributed by atoms with Crippen LogP contribution < -0.4 is 18.9 Å². The van der Waals surface area contributed by atoms with Crippen LogP contribution in [0, 0.1) is 13.8 Å². The maximum absolute atomic E-state index is 13.8. The van der Waals surface area contributed by atoms with Gasteiger partial charge in [0.1, 0.15) is 0 Å². The molecule has 4 rings (SSSR count). The molecule has 240 valence electrons. The van der Waals surface area contributed by atoms with Crippen molar-refractivity contribution in [3.05, 3.63) is 71.5 Å². The smallest absolute Gasteiger partial charge is 0.263 e. The first-order chi connectivity index (χ1) is 21.3. The summed E-state index contributed by atoms with van der Waals surface area (Å²) in [6.07, 6.45) is -0.205. The number of hydrogen-bond acceptors (Lipinski definition) is 11. The van der Waals surface area contributed by atoms with Crippen molar-refractivity contribution in [2.24, 2.45) is 0 Å². The summed E-state index contributed by atoms with van der Waals surface area (Å²) in [6.45, 7) is 9.87. The maximum Gasteiger partial charge on any atom is 0.263 e. The number of nitrogens with zero attached hydrogens (tertiary/aromatic N) is 4. The second-order valence-corrected chi connectivity index (χ2v) is 12.9. The fourth-order valence-corrected chi connectivity index (χ4v) is 5.34. The fourth-order valence-electron chi connectivity index (χ4n) is 4.33. The van der Waals surface area contributed by atoms with Crippen LogP contribution in [-0.4, -0.2) is 62.6 Å². The van der Waals surface area contributed by atoms with E-state index in [1.54, 1.807) is 54.6 Å². The van der Waals surface area contributed by atoms with E-state index in [-0.39, 0.29) is 51.8 Å². The lowest BCUT2D eigenvalue weighted by atomic mass is 9.87. The van der Waals surface area contributed by atoms with Crippen LogP contribution in [0.1, 0.15) is 44.1 Å². The number of para-hydroxylation sites is 2. The molecule has 0 radical (unpaired) electrons. The van der Waals surface area contributed by atoms with Crippen LogP contribution in [0.5, 0.6) is 23.1 Å². The Labute approximate surface area is 264 Å². The van der Waals surface area contributed by atoms with Crippen LogP contribution in [-0.2, 0) is 24.9 Å². The van der Waals surface area contributed by atoms with Gasteiger partial charge in [-0.3, -0.25) is 4.72 Å². The number of hydrogen-bond donors (Lipinski definition) is 1. The third kappa shape index (κ3) is 8.44. The van der Waals surface area contributed by atoms with E-state index in [0.717, 1.165) is 5.56 Å². The number of benzene rings is 2. The van der Waals surface area contributed by atoms with Crippen LogP contribution in [0.15, 0.2) is 59.5 Å². The number of anilines is 1. The van der Waals surface area contributed by atoms with Crippen LogP contribution in [0.25, 0.3) is 11.6 Å². The number of aryl methyl sites for hydroxylation is 2. The Bertz CT molecular complexity index is 1700. The van der Waals surface area contributed by atoms with E-state index in [9.17, 15) is 8.42 Å². The Morgan fingerprint density at radius 3 is 2.00 bits per heavy atom. The summed E-state index contributed by atoms with van der Waals surface area (Å²) in [5.41, 5.74) is 2.19. The van der Waals surface area contributed by atoms with Crippen molar-refractivity contribution in [1.29, 1.82) is 0 Å². The highest BCUT2D eigenvalue weighted by atomic mass is 32.2. The predicted octanol–water partition coefficient (Wildman–Crippen LogP) is 5.84. The molecular formula is C32H39N5O7S. The Morgan fingerprint density at radius 2 is 1.42 bits per heavy atom. The van der Waals surface area contributed by atoms with Gasteiger partial charge < -0.3 is 23.7 Å². The summed E-state index contributed by atoms with van der Waals surface area (Å²) in [5, 5.41) is 0. The van der Waals surface area contributed by atoms with E-state index in [1.165, 1.54) is 21.3 Å². The summed E-state index contributed by atoms with van der Waals surface area (Å²) >= 11 is 0. The van der Waals surface area contributed by atoms with E-state index >= 15 is 0 Å². The first-order valence-corrected chi connectivity index (χ1v) is 15.7. The largest absolute Gasteiger partial charge is 0.493 e. The highest BCUT2D eigenvalue weighted by Crippen LogP contribution is 2.41. The molecular weight excluding hydrogens is 598 g/mol. The molecule has 45 heavy (non-hydrogen) atoms. The third-order valence-electron chi connectivity index (χ3n) is 6.68. The van der Waals surface area contributed by atoms with Gasteiger partial charge in [-0.25, -0.2) is 23.4 Å². The van der Waals surface area contributed by atoms with E-state index in [1.807, 2.05) is 13.8 Å². The van der Waals surface area contributed by atoms with Crippen molar-refractivity contribution >= 4 is 15.8 Å². The van der Waals surface area contributed by atoms with Crippen molar-refractivity contribution in [2.75, 3.05) is 32.7 Å². The molecule has 2 heterocycles. The Morgan fingerprint density at radius 1 is 0.822 bits per heavy atom. The Kier molecular flexibility index (Phi) is 10.6. The fraction of sp³-hybridized carbons (Fsp3) is 0.375.